The number of rotatable bonds is 3. The molecule has 1 aromatic heterocycles. The number of allylic oxidation sites excluding steroid dienone is 5. The van der Waals surface area contributed by atoms with E-state index in [1.807, 2.05) is 6.92 Å². The summed E-state index contributed by atoms with van der Waals surface area (Å²) in [4.78, 5) is 4.09. The Morgan fingerprint density at radius 2 is 2.29 bits per heavy atom. The van der Waals surface area contributed by atoms with Crippen molar-refractivity contribution in [2.75, 3.05) is 0 Å². The third-order valence-corrected chi connectivity index (χ3v) is 2.16. The molecule has 14 heavy (non-hydrogen) atoms. The van der Waals surface area contributed by atoms with E-state index in [0.29, 0.717) is 11.4 Å². The standard InChI is InChI=1S/C10H11FN2S/c1-4-6-9(11)8(5-2)10-12-7(3)14-13-10/h4-6H,2H2,1,3H3/b6-4-,9-8-. The molecule has 0 aliphatic carbocycles. The SMILES string of the molecule is C=C/C(=C(F)\C=C/C)c1nsc(C)n1. The minimum atomic E-state index is -0.361. The molecule has 0 amide bonds. The molecule has 1 heterocycles. The van der Waals surface area contributed by atoms with Crippen molar-refractivity contribution in [3.05, 3.63) is 41.5 Å². The maximum absolute atomic E-state index is 13.4. The Morgan fingerprint density at radius 1 is 1.57 bits per heavy atom. The Hall–Kier alpha value is -1.29. The first kappa shape index (κ1) is 10.8. The lowest BCUT2D eigenvalue weighted by Gasteiger charge is -1.95. The van der Waals surface area contributed by atoms with E-state index in [1.165, 1.54) is 23.7 Å². The molecule has 2 nitrogen and oxygen atoms in total. The van der Waals surface area contributed by atoms with Crippen molar-refractivity contribution in [1.29, 1.82) is 0 Å². The Labute approximate surface area is 86.7 Å². The van der Waals surface area contributed by atoms with Crippen molar-refractivity contribution in [3.63, 3.8) is 0 Å². The van der Waals surface area contributed by atoms with Crippen LogP contribution in [-0.2, 0) is 0 Å². The Bertz CT molecular complexity index is 391. The van der Waals surface area contributed by atoms with Crippen LogP contribution in [0.15, 0.2) is 30.6 Å². The zero-order valence-electron chi connectivity index (χ0n) is 8.12. The quantitative estimate of drug-likeness (QED) is 0.715. The molecule has 0 unspecified atom stereocenters. The predicted molar refractivity (Wildman–Crippen MR) is 57.7 cm³/mol. The fourth-order valence-electron chi connectivity index (χ4n) is 0.940. The minimum absolute atomic E-state index is 0.340. The normalized spacial score (nSPS) is 13.1. The largest absolute Gasteiger partial charge is 0.220 e. The molecule has 1 aromatic rings. The second kappa shape index (κ2) is 4.81. The summed E-state index contributed by atoms with van der Waals surface area (Å²) < 4.78 is 17.4. The summed E-state index contributed by atoms with van der Waals surface area (Å²) in [6.07, 6.45) is 4.42. The molecule has 0 aromatic carbocycles. The van der Waals surface area contributed by atoms with Crippen LogP contribution in [0.25, 0.3) is 5.57 Å². The van der Waals surface area contributed by atoms with Gasteiger partial charge in [0.25, 0.3) is 0 Å². The van der Waals surface area contributed by atoms with Crippen LogP contribution < -0.4 is 0 Å². The van der Waals surface area contributed by atoms with Gasteiger partial charge in [-0.1, -0.05) is 18.7 Å². The lowest BCUT2D eigenvalue weighted by molar-refractivity contribution is 0.670. The van der Waals surface area contributed by atoms with Crippen molar-refractivity contribution in [3.8, 4) is 0 Å². The fourth-order valence-corrected chi connectivity index (χ4v) is 1.43. The zero-order valence-corrected chi connectivity index (χ0v) is 8.94. The summed E-state index contributed by atoms with van der Waals surface area (Å²) in [5.41, 5.74) is 0.340. The number of hydrogen-bond acceptors (Lipinski definition) is 3. The third-order valence-electron chi connectivity index (χ3n) is 1.54. The molecule has 0 atom stereocenters. The van der Waals surface area contributed by atoms with Crippen LogP contribution >= 0.6 is 11.5 Å². The molecule has 0 saturated carbocycles. The monoisotopic (exact) mass is 210 g/mol. The van der Waals surface area contributed by atoms with E-state index >= 15 is 0 Å². The molecule has 74 valence electrons. The summed E-state index contributed by atoms with van der Waals surface area (Å²) in [6, 6.07) is 0. The highest BCUT2D eigenvalue weighted by Gasteiger charge is 2.08. The molecular weight excluding hydrogens is 199 g/mol. The summed E-state index contributed by atoms with van der Waals surface area (Å²) >= 11 is 1.25. The molecular formula is C10H11FN2S. The lowest BCUT2D eigenvalue weighted by atomic mass is 10.2. The molecule has 0 aliphatic rings. The first-order valence-electron chi connectivity index (χ1n) is 4.14. The van der Waals surface area contributed by atoms with Gasteiger partial charge in [0.15, 0.2) is 5.82 Å². The van der Waals surface area contributed by atoms with E-state index < -0.39 is 0 Å². The Balaban J connectivity index is 3.15. The van der Waals surface area contributed by atoms with E-state index in [-0.39, 0.29) is 5.83 Å². The van der Waals surface area contributed by atoms with Crippen LogP contribution in [-0.4, -0.2) is 9.36 Å². The highest BCUT2D eigenvalue weighted by Crippen LogP contribution is 2.20. The third kappa shape index (κ3) is 2.35. The van der Waals surface area contributed by atoms with Crippen LogP contribution in [0.1, 0.15) is 17.8 Å². The van der Waals surface area contributed by atoms with E-state index in [9.17, 15) is 4.39 Å². The van der Waals surface area contributed by atoms with Gasteiger partial charge < -0.3 is 0 Å². The maximum atomic E-state index is 13.4. The van der Waals surface area contributed by atoms with Gasteiger partial charge in [0.1, 0.15) is 10.8 Å². The first-order valence-corrected chi connectivity index (χ1v) is 4.92. The van der Waals surface area contributed by atoms with Crippen LogP contribution in [0.4, 0.5) is 4.39 Å². The van der Waals surface area contributed by atoms with Gasteiger partial charge in [-0.25, -0.2) is 9.37 Å². The van der Waals surface area contributed by atoms with Gasteiger partial charge in [-0.3, -0.25) is 0 Å². The number of aryl methyl sites for hydroxylation is 1. The summed E-state index contributed by atoms with van der Waals surface area (Å²) in [7, 11) is 0. The second-order valence-electron chi connectivity index (χ2n) is 2.60. The molecule has 0 bridgehead atoms. The highest BCUT2D eigenvalue weighted by atomic mass is 32.1. The molecule has 0 spiro atoms. The number of hydrogen-bond donors (Lipinski definition) is 0. The van der Waals surface area contributed by atoms with Gasteiger partial charge >= 0.3 is 0 Å². The first-order chi connectivity index (χ1) is 6.69. The van der Waals surface area contributed by atoms with E-state index in [2.05, 4.69) is 15.9 Å². The topological polar surface area (TPSA) is 25.8 Å². The van der Waals surface area contributed by atoms with Gasteiger partial charge in [-0.15, -0.1) is 0 Å². The lowest BCUT2D eigenvalue weighted by Crippen LogP contribution is -1.86. The second-order valence-corrected chi connectivity index (χ2v) is 3.56. The van der Waals surface area contributed by atoms with Crippen LogP contribution in [0.2, 0.25) is 0 Å². The number of nitrogens with zero attached hydrogens (tertiary/aromatic N) is 2. The van der Waals surface area contributed by atoms with Crippen molar-refractivity contribution < 1.29 is 4.39 Å². The average molecular weight is 210 g/mol. The number of halogens is 1. The molecule has 0 fully saturated rings. The van der Waals surface area contributed by atoms with Gasteiger partial charge in [0, 0.05) is 0 Å². The van der Waals surface area contributed by atoms with Gasteiger partial charge in [0.2, 0.25) is 0 Å². The molecule has 0 radical (unpaired) electrons. The van der Waals surface area contributed by atoms with E-state index in [1.54, 1.807) is 13.0 Å². The predicted octanol–water partition coefficient (Wildman–Crippen LogP) is 3.29. The van der Waals surface area contributed by atoms with Crippen LogP contribution in [0, 0.1) is 6.92 Å². The van der Waals surface area contributed by atoms with E-state index in [4.69, 9.17) is 0 Å². The summed E-state index contributed by atoms with van der Waals surface area (Å²) in [6.45, 7) is 7.12. The van der Waals surface area contributed by atoms with Crippen LogP contribution in [0.3, 0.4) is 0 Å². The Morgan fingerprint density at radius 3 is 2.71 bits per heavy atom. The molecule has 4 heteroatoms. The molecule has 0 saturated heterocycles. The average Bonchev–Trinajstić information content (AvgIpc) is 2.54. The van der Waals surface area contributed by atoms with Gasteiger partial charge in [-0.2, -0.15) is 4.37 Å². The van der Waals surface area contributed by atoms with Gasteiger partial charge in [0.05, 0.1) is 5.57 Å². The van der Waals surface area contributed by atoms with Crippen molar-refractivity contribution in [2.45, 2.75) is 13.8 Å². The Kier molecular flexibility index (Phi) is 3.71. The molecule has 0 aliphatic heterocycles. The minimum Gasteiger partial charge on any atom is -0.220 e. The molecule has 1 rings (SSSR count). The van der Waals surface area contributed by atoms with E-state index in [0.717, 1.165) is 5.01 Å². The highest BCUT2D eigenvalue weighted by molar-refractivity contribution is 7.05. The van der Waals surface area contributed by atoms with Gasteiger partial charge in [-0.05, 0) is 31.5 Å². The summed E-state index contributed by atoms with van der Waals surface area (Å²) in [5.74, 6) is 0.0402. The number of aromatic nitrogens is 2. The summed E-state index contributed by atoms with van der Waals surface area (Å²) in [5, 5.41) is 0.813. The molecule has 0 N–H and O–H groups in total. The zero-order chi connectivity index (χ0) is 10.6. The fraction of sp³-hybridized carbons (Fsp3) is 0.200. The van der Waals surface area contributed by atoms with Crippen LogP contribution in [0.5, 0.6) is 0 Å². The maximum Gasteiger partial charge on any atom is 0.175 e. The van der Waals surface area contributed by atoms with Crippen molar-refractivity contribution in [1.82, 2.24) is 9.36 Å². The van der Waals surface area contributed by atoms with Crippen molar-refractivity contribution >= 4 is 17.1 Å². The smallest absolute Gasteiger partial charge is 0.175 e. The van der Waals surface area contributed by atoms with Crippen molar-refractivity contribution in [2.24, 2.45) is 0 Å².